The van der Waals surface area contributed by atoms with E-state index in [0.717, 1.165) is 16.0 Å². The maximum Gasteiger partial charge on any atom is 0.0963 e. The highest BCUT2D eigenvalue weighted by Gasteiger charge is 2.24. The fraction of sp³-hybridized carbons (Fsp3) is 0.667. The van der Waals surface area contributed by atoms with Gasteiger partial charge in [0.15, 0.2) is 0 Å². The third kappa shape index (κ3) is 5.09. The SMILES string of the molecule is CCCNC1CCCCCC1Sc1ccc(Br)cn1. The van der Waals surface area contributed by atoms with Crippen LogP contribution in [0.5, 0.6) is 0 Å². The van der Waals surface area contributed by atoms with Gasteiger partial charge in [0.2, 0.25) is 0 Å². The van der Waals surface area contributed by atoms with Gasteiger partial charge in [0, 0.05) is 22.0 Å². The minimum atomic E-state index is 0.651. The Morgan fingerprint density at radius 3 is 2.89 bits per heavy atom. The van der Waals surface area contributed by atoms with Crippen molar-refractivity contribution < 1.29 is 0 Å². The Morgan fingerprint density at radius 1 is 1.32 bits per heavy atom. The largest absolute Gasteiger partial charge is 0.313 e. The number of halogens is 1. The Balaban J connectivity index is 1.98. The number of pyridine rings is 1. The summed E-state index contributed by atoms with van der Waals surface area (Å²) in [5.41, 5.74) is 0. The molecule has 1 aliphatic carbocycles. The van der Waals surface area contributed by atoms with Gasteiger partial charge in [-0.15, -0.1) is 11.8 Å². The molecule has 1 N–H and O–H groups in total. The molecule has 1 fully saturated rings. The number of rotatable bonds is 5. The Bertz CT molecular complexity index is 369. The normalized spacial score (nSPS) is 24.1. The van der Waals surface area contributed by atoms with Gasteiger partial charge in [-0.2, -0.15) is 0 Å². The highest BCUT2D eigenvalue weighted by Crippen LogP contribution is 2.32. The summed E-state index contributed by atoms with van der Waals surface area (Å²) in [6.45, 7) is 3.37. The maximum atomic E-state index is 4.51. The highest BCUT2D eigenvalue weighted by atomic mass is 79.9. The van der Waals surface area contributed by atoms with E-state index in [1.807, 2.05) is 18.0 Å². The summed E-state index contributed by atoms with van der Waals surface area (Å²) in [5, 5.41) is 5.56. The fourth-order valence-corrected chi connectivity index (χ4v) is 4.05. The smallest absolute Gasteiger partial charge is 0.0963 e. The Morgan fingerprint density at radius 2 is 2.16 bits per heavy atom. The van der Waals surface area contributed by atoms with Gasteiger partial charge in [-0.1, -0.05) is 26.2 Å². The van der Waals surface area contributed by atoms with E-state index in [9.17, 15) is 0 Å². The highest BCUT2D eigenvalue weighted by molar-refractivity contribution is 9.10. The van der Waals surface area contributed by atoms with Gasteiger partial charge in [-0.3, -0.25) is 0 Å². The van der Waals surface area contributed by atoms with E-state index in [0.29, 0.717) is 11.3 Å². The lowest BCUT2D eigenvalue weighted by molar-refractivity contribution is 0.469. The maximum absolute atomic E-state index is 4.51. The summed E-state index contributed by atoms with van der Waals surface area (Å²) in [5.74, 6) is 0. The first-order valence-corrected chi connectivity index (χ1v) is 8.98. The van der Waals surface area contributed by atoms with Gasteiger partial charge in [-0.25, -0.2) is 4.98 Å². The zero-order valence-electron chi connectivity index (χ0n) is 11.6. The molecule has 2 rings (SSSR count). The Kier molecular flexibility index (Phi) is 6.68. The molecule has 0 saturated heterocycles. The van der Waals surface area contributed by atoms with Crippen LogP contribution in [0.15, 0.2) is 27.8 Å². The van der Waals surface area contributed by atoms with Crippen LogP contribution in [0.1, 0.15) is 45.4 Å². The average molecular weight is 343 g/mol. The molecule has 4 heteroatoms. The molecular weight excluding hydrogens is 320 g/mol. The molecule has 0 amide bonds. The van der Waals surface area contributed by atoms with Crippen LogP contribution >= 0.6 is 27.7 Å². The van der Waals surface area contributed by atoms with E-state index in [1.165, 1.54) is 38.5 Å². The van der Waals surface area contributed by atoms with Crippen molar-refractivity contribution in [3.8, 4) is 0 Å². The van der Waals surface area contributed by atoms with Crippen LogP contribution < -0.4 is 5.32 Å². The second-order valence-corrected chi connectivity index (χ2v) is 7.34. The van der Waals surface area contributed by atoms with Crippen LogP contribution in [-0.2, 0) is 0 Å². The molecule has 2 unspecified atom stereocenters. The van der Waals surface area contributed by atoms with E-state index in [1.54, 1.807) is 0 Å². The van der Waals surface area contributed by atoms with Crippen molar-refractivity contribution in [3.63, 3.8) is 0 Å². The first kappa shape index (κ1) is 15.3. The Labute approximate surface area is 129 Å². The van der Waals surface area contributed by atoms with Gasteiger partial charge in [-0.05, 0) is 53.9 Å². The van der Waals surface area contributed by atoms with E-state index in [-0.39, 0.29) is 0 Å². The van der Waals surface area contributed by atoms with Crippen LogP contribution in [0.2, 0.25) is 0 Å². The topological polar surface area (TPSA) is 24.9 Å². The third-order valence-electron chi connectivity index (χ3n) is 3.58. The molecular formula is C15H23BrN2S. The molecule has 0 spiro atoms. The second kappa shape index (κ2) is 8.28. The molecule has 2 nitrogen and oxygen atoms in total. The molecule has 1 saturated carbocycles. The van der Waals surface area contributed by atoms with Crippen molar-refractivity contribution in [2.24, 2.45) is 0 Å². The number of thioether (sulfide) groups is 1. The summed E-state index contributed by atoms with van der Waals surface area (Å²) >= 11 is 5.40. The van der Waals surface area contributed by atoms with E-state index >= 15 is 0 Å². The van der Waals surface area contributed by atoms with E-state index in [2.05, 4.69) is 45.3 Å². The summed E-state index contributed by atoms with van der Waals surface area (Å²) in [6.07, 6.45) is 9.84. The number of hydrogen-bond donors (Lipinski definition) is 1. The summed E-state index contributed by atoms with van der Waals surface area (Å²) in [7, 11) is 0. The molecule has 106 valence electrons. The van der Waals surface area contributed by atoms with Crippen molar-refractivity contribution in [1.29, 1.82) is 0 Å². The quantitative estimate of drug-likeness (QED) is 0.789. The zero-order valence-corrected chi connectivity index (χ0v) is 14.0. The molecule has 0 aliphatic heterocycles. The minimum Gasteiger partial charge on any atom is -0.313 e. The third-order valence-corrected chi connectivity index (χ3v) is 5.40. The minimum absolute atomic E-state index is 0.651. The predicted molar refractivity (Wildman–Crippen MR) is 86.7 cm³/mol. The molecule has 0 aromatic carbocycles. The number of nitrogens with zero attached hydrogens (tertiary/aromatic N) is 1. The van der Waals surface area contributed by atoms with Crippen LogP contribution in [0.4, 0.5) is 0 Å². The number of hydrogen-bond acceptors (Lipinski definition) is 3. The van der Waals surface area contributed by atoms with E-state index < -0.39 is 0 Å². The molecule has 1 aliphatic rings. The standard InChI is InChI=1S/C15H23BrN2S/c1-2-10-17-13-6-4-3-5-7-14(13)19-15-9-8-12(16)11-18-15/h8-9,11,13-14,17H,2-7,10H2,1H3. The summed E-state index contributed by atoms with van der Waals surface area (Å²) in [6, 6.07) is 4.86. The first-order chi connectivity index (χ1) is 9.29. The number of nitrogens with one attached hydrogen (secondary N) is 1. The van der Waals surface area contributed by atoms with E-state index in [4.69, 9.17) is 0 Å². The lowest BCUT2D eigenvalue weighted by Crippen LogP contribution is -2.37. The van der Waals surface area contributed by atoms with Crippen molar-refractivity contribution in [2.45, 2.75) is 61.8 Å². The lowest BCUT2D eigenvalue weighted by Gasteiger charge is -2.25. The van der Waals surface area contributed by atoms with Crippen LogP contribution in [0, 0.1) is 0 Å². The van der Waals surface area contributed by atoms with Gasteiger partial charge >= 0.3 is 0 Å². The average Bonchev–Trinajstić information content (AvgIpc) is 2.64. The van der Waals surface area contributed by atoms with Crippen molar-refractivity contribution in [3.05, 3.63) is 22.8 Å². The molecule has 0 bridgehead atoms. The lowest BCUT2D eigenvalue weighted by atomic mass is 10.1. The van der Waals surface area contributed by atoms with Crippen LogP contribution in [0.3, 0.4) is 0 Å². The first-order valence-electron chi connectivity index (χ1n) is 7.31. The molecule has 1 aromatic heterocycles. The molecule has 1 aromatic rings. The Hall–Kier alpha value is -0.0600. The van der Waals surface area contributed by atoms with Crippen molar-refractivity contribution in [1.82, 2.24) is 10.3 Å². The monoisotopic (exact) mass is 342 g/mol. The van der Waals surface area contributed by atoms with Gasteiger partial charge < -0.3 is 5.32 Å². The van der Waals surface area contributed by atoms with Crippen molar-refractivity contribution in [2.75, 3.05) is 6.54 Å². The summed E-state index contributed by atoms with van der Waals surface area (Å²) < 4.78 is 1.05. The molecule has 0 radical (unpaired) electrons. The van der Waals surface area contributed by atoms with Gasteiger partial charge in [0.1, 0.15) is 0 Å². The molecule has 19 heavy (non-hydrogen) atoms. The van der Waals surface area contributed by atoms with Crippen LogP contribution in [-0.4, -0.2) is 22.8 Å². The molecule has 2 atom stereocenters. The number of aromatic nitrogens is 1. The van der Waals surface area contributed by atoms with Gasteiger partial charge in [0.25, 0.3) is 0 Å². The van der Waals surface area contributed by atoms with Crippen LogP contribution in [0.25, 0.3) is 0 Å². The van der Waals surface area contributed by atoms with Gasteiger partial charge in [0.05, 0.1) is 5.03 Å². The predicted octanol–water partition coefficient (Wildman–Crippen LogP) is 4.64. The van der Waals surface area contributed by atoms with Crippen molar-refractivity contribution >= 4 is 27.7 Å². The zero-order chi connectivity index (χ0) is 13.5. The second-order valence-electron chi connectivity index (χ2n) is 5.17. The molecule has 1 heterocycles. The fourth-order valence-electron chi connectivity index (χ4n) is 2.56. The summed E-state index contributed by atoms with van der Waals surface area (Å²) in [4.78, 5) is 4.51.